The number of terminal acetylenes is 1. The molecular weight excluding hydrogens is 809 g/mol. The van der Waals surface area contributed by atoms with Crippen molar-refractivity contribution in [2.45, 2.75) is 85.7 Å². The van der Waals surface area contributed by atoms with Gasteiger partial charge in [-0.05, 0) is 114 Å². The van der Waals surface area contributed by atoms with Crippen LogP contribution in [-0.4, -0.2) is 34.6 Å². The molecule has 2 amide bonds. The van der Waals surface area contributed by atoms with Crippen molar-refractivity contribution in [1.82, 2.24) is 5.06 Å². The molecule has 0 aromatic heterocycles. The highest BCUT2D eigenvalue weighted by molar-refractivity contribution is 6.01. The van der Waals surface area contributed by atoms with E-state index < -0.39 is 29.5 Å². The SMILES string of the molecule is C#CC#CC#CC#COc1cc(C)cc(COc2cc(COc3ccc([N+](=O)[O-])c(COC(=O)ON4C(=O)CCC4=O)c3)cc(OCc3cc(C)cc(OCCCCCC)c3)c2)c1.[HH].[HH].[HH].[HH].[HH].[HH]. The van der Waals surface area contributed by atoms with E-state index >= 15 is 0 Å². The molecule has 5 rings (SSSR count). The first-order chi connectivity index (χ1) is 30.5. The van der Waals surface area contributed by atoms with Crippen molar-refractivity contribution in [3.63, 3.8) is 0 Å². The molecule has 4 aromatic rings. The lowest BCUT2D eigenvalue weighted by atomic mass is 10.1. The molecule has 1 heterocycles. The van der Waals surface area contributed by atoms with Crippen molar-refractivity contribution in [2.75, 3.05) is 6.61 Å². The highest BCUT2D eigenvalue weighted by Gasteiger charge is 2.33. The number of amides is 2. The van der Waals surface area contributed by atoms with Crippen LogP contribution in [0.15, 0.2) is 72.8 Å². The number of rotatable bonds is 20. The van der Waals surface area contributed by atoms with Crippen LogP contribution in [0, 0.1) is 72.0 Å². The summed E-state index contributed by atoms with van der Waals surface area (Å²) in [5, 5.41) is 12.1. The molecule has 4 aromatic carbocycles. The van der Waals surface area contributed by atoms with Gasteiger partial charge in [0, 0.05) is 51.3 Å². The number of hydrogen-bond donors (Lipinski definition) is 0. The fraction of sp³-hybridized carbons (Fsp3) is 0.286. The summed E-state index contributed by atoms with van der Waals surface area (Å²) in [4.78, 5) is 51.8. The Bertz CT molecular complexity index is 2570. The Morgan fingerprint density at radius 2 is 1.27 bits per heavy atom. The minimum Gasteiger partial charge on any atom is -0.494 e. The number of carbonyl (C=O) groups is 3. The highest BCUT2D eigenvalue weighted by Crippen LogP contribution is 2.30. The predicted octanol–water partition coefficient (Wildman–Crippen LogP) is 10.1. The number of imide groups is 1. The van der Waals surface area contributed by atoms with E-state index in [-0.39, 0.29) is 58.2 Å². The van der Waals surface area contributed by atoms with Gasteiger partial charge in [0.05, 0.1) is 17.1 Å². The van der Waals surface area contributed by atoms with Gasteiger partial charge >= 0.3 is 6.16 Å². The molecule has 0 aliphatic carbocycles. The van der Waals surface area contributed by atoms with E-state index in [2.05, 4.69) is 48.6 Å². The second kappa shape index (κ2) is 23.6. The van der Waals surface area contributed by atoms with Crippen molar-refractivity contribution in [1.29, 1.82) is 0 Å². The molecule has 1 aliphatic heterocycles. The molecule has 0 atom stereocenters. The summed E-state index contributed by atoms with van der Waals surface area (Å²) in [7, 11) is 0. The van der Waals surface area contributed by atoms with Crippen molar-refractivity contribution in [2.24, 2.45) is 0 Å². The van der Waals surface area contributed by atoms with Gasteiger partial charge in [0.2, 0.25) is 0 Å². The second-order valence-corrected chi connectivity index (χ2v) is 14.1. The molecule has 1 saturated heterocycles. The van der Waals surface area contributed by atoms with E-state index in [0.717, 1.165) is 47.3 Å². The number of nitro groups is 1. The Balaban J connectivity index is 0. The zero-order valence-corrected chi connectivity index (χ0v) is 35.1. The Hall–Kier alpha value is -8.07. The summed E-state index contributed by atoms with van der Waals surface area (Å²) >= 11 is 0. The number of nitrogens with zero attached hydrogens (tertiary/aromatic N) is 2. The van der Waals surface area contributed by atoms with Crippen molar-refractivity contribution in [3.8, 4) is 76.8 Å². The summed E-state index contributed by atoms with van der Waals surface area (Å²) in [5.41, 5.74) is 3.91. The van der Waals surface area contributed by atoms with Crippen LogP contribution in [0.5, 0.6) is 28.7 Å². The molecule has 1 fully saturated rings. The van der Waals surface area contributed by atoms with Crippen LogP contribution in [-0.2, 0) is 45.6 Å². The van der Waals surface area contributed by atoms with Gasteiger partial charge in [0.25, 0.3) is 17.5 Å². The Labute approximate surface area is 374 Å². The van der Waals surface area contributed by atoms with E-state index in [1.54, 1.807) is 24.3 Å². The molecule has 0 bridgehead atoms. The molecule has 63 heavy (non-hydrogen) atoms. The zero-order chi connectivity index (χ0) is 45.0. The van der Waals surface area contributed by atoms with E-state index in [1.807, 2.05) is 44.2 Å². The standard InChI is InChI=1S/C49H44N2O12.6H2/c1-5-7-9-11-12-14-20-58-43-24-36(4)22-38(26-43)32-61-45-28-39(27-44(30-45)60-31-37-21-35(3)23-42(25-37)57-19-13-10-8-6-2)33-59-41-15-16-46(51(55)56)40(29-41)34-62-49(54)63-50-47(52)17-18-48(50)53;;;;;;/h1,15-16,21-30H,6,8,10,13,17-19,31-34H2,2-4H3;6*1H. The second-order valence-electron chi connectivity index (χ2n) is 14.1. The molecule has 14 heteroatoms. The number of aryl methyl sites for hydroxylation is 2. The van der Waals surface area contributed by atoms with Crippen LogP contribution < -0.4 is 23.7 Å². The lowest BCUT2D eigenvalue weighted by molar-refractivity contribution is -0.385. The smallest absolute Gasteiger partial charge is 0.494 e. The summed E-state index contributed by atoms with van der Waals surface area (Å²) in [6.07, 6.45) is 10.4. The average molecular weight is 865 g/mol. The molecule has 1 aliphatic rings. The van der Waals surface area contributed by atoms with Gasteiger partial charge in [-0.1, -0.05) is 43.4 Å². The van der Waals surface area contributed by atoms with Crippen LogP contribution in [0.2, 0.25) is 0 Å². The molecular formula is C49H56N2O12. The van der Waals surface area contributed by atoms with Crippen molar-refractivity contribution < 1.29 is 61.1 Å². The number of hydroxylamine groups is 2. The summed E-state index contributed by atoms with van der Waals surface area (Å²) in [5.74, 6) is 15.7. The number of hydrogen-bond acceptors (Lipinski definition) is 12. The molecule has 0 saturated carbocycles. The Morgan fingerprint density at radius 3 is 1.90 bits per heavy atom. The first-order valence-corrected chi connectivity index (χ1v) is 20.0. The summed E-state index contributed by atoms with van der Waals surface area (Å²) in [6, 6.07) is 20.8. The van der Waals surface area contributed by atoms with E-state index in [0.29, 0.717) is 34.5 Å². The fourth-order valence-corrected chi connectivity index (χ4v) is 6.14. The first-order valence-electron chi connectivity index (χ1n) is 20.0. The Morgan fingerprint density at radius 1 is 0.698 bits per heavy atom. The molecule has 0 N–H and O–H groups in total. The topological polar surface area (TPSA) is 162 Å². The van der Waals surface area contributed by atoms with Crippen molar-refractivity contribution >= 4 is 23.7 Å². The van der Waals surface area contributed by atoms with E-state index in [9.17, 15) is 24.5 Å². The lowest BCUT2D eigenvalue weighted by Gasteiger charge is -2.15. The van der Waals surface area contributed by atoms with Gasteiger partial charge in [-0.2, -0.15) is 0 Å². The zero-order valence-electron chi connectivity index (χ0n) is 35.1. The van der Waals surface area contributed by atoms with Crippen LogP contribution in [0.4, 0.5) is 10.5 Å². The molecule has 0 radical (unpaired) electrons. The molecule has 0 unspecified atom stereocenters. The highest BCUT2D eigenvalue weighted by atomic mass is 16.8. The van der Waals surface area contributed by atoms with E-state index in [1.165, 1.54) is 24.6 Å². The van der Waals surface area contributed by atoms with Crippen LogP contribution >= 0.6 is 0 Å². The first kappa shape index (κ1) is 46.0. The van der Waals surface area contributed by atoms with E-state index in [4.69, 9.17) is 39.7 Å². The summed E-state index contributed by atoms with van der Waals surface area (Å²) in [6.45, 7) is 6.46. The minimum atomic E-state index is -1.38. The molecule has 0 spiro atoms. The number of nitro benzene ring substituents is 1. The maximum Gasteiger partial charge on any atom is 0.534 e. The third-order valence-electron chi connectivity index (χ3n) is 8.95. The number of ether oxygens (including phenoxy) is 6. The van der Waals surface area contributed by atoms with Crippen LogP contribution in [0.25, 0.3) is 0 Å². The van der Waals surface area contributed by atoms with Gasteiger partial charge in [-0.15, -0.1) is 6.42 Å². The van der Waals surface area contributed by atoms with Gasteiger partial charge in [-0.3, -0.25) is 24.5 Å². The molecule has 334 valence electrons. The fourth-order valence-electron chi connectivity index (χ4n) is 6.14. The van der Waals surface area contributed by atoms with Gasteiger partial charge < -0.3 is 28.4 Å². The monoisotopic (exact) mass is 864 g/mol. The quantitative estimate of drug-likeness (QED) is 0.0207. The van der Waals surface area contributed by atoms with Crippen molar-refractivity contribution in [3.05, 3.63) is 116 Å². The van der Waals surface area contributed by atoms with Gasteiger partial charge in [0.15, 0.2) is 0 Å². The Kier molecular flexibility index (Phi) is 17.3. The maximum absolute atomic E-state index is 12.3. The average Bonchev–Trinajstić information content (AvgIpc) is 3.57. The number of unbranched alkanes of at least 4 members (excludes halogenated alkanes) is 3. The maximum atomic E-state index is 12.3. The van der Waals surface area contributed by atoms with Crippen LogP contribution in [0.1, 0.15) is 87.4 Å². The minimum absolute atomic E-state index is 0. The third kappa shape index (κ3) is 15.2. The van der Waals surface area contributed by atoms with Gasteiger partial charge in [-0.25, -0.2) is 4.79 Å². The van der Waals surface area contributed by atoms with Gasteiger partial charge in [0.1, 0.15) is 61.3 Å². The third-order valence-corrected chi connectivity index (χ3v) is 8.95. The molecule has 14 nitrogen and oxygen atoms in total. The number of benzene rings is 4. The predicted molar refractivity (Wildman–Crippen MR) is 242 cm³/mol. The van der Waals surface area contributed by atoms with Crippen LogP contribution in [0.3, 0.4) is 0 Å². The lowest BCUT2D eigenvalue weighted by Crippen LogP contribution is -2.32. The normalized spacial score (nSPS) is 11.4. The largest absolute Gasteiger partial charge is 0.534 e. The summed E-state index contributed by atoms with van der Waals surface area (Å²) < 4.78 is 35.3. The number of carbonyl (C=O) groups excluding carboxylic acids is 3.